The van der Waals surface area contributed by atoms with E-state index < -0.39 is 0 Å². The van der Waals surface area contributed by atoms with Gasteiger partial charge in [0.05, 0.1) is 7.11 Å². The normalized spacial score (nSPS) is 12.9. The number of aromatic nitrogens is 2. The molecule has 0 aliphatic carbocycles. The second-order valence-electron chi connectivity index (χ2n) is 6.35. The maximum absolute atomic E-state index is 12.6. The summed E-state index contributed by atoms with van der Waals surface area (Å²) >= 11 is 0. The predicted octanol–water partition coefficient (Wildman–Crippen LogP) is 3.05. The van der Waals surface area contributed by atoms with Crippen molar-refractivity contribution in [3.63, 3.8) is 0 Å². The fraction of sp³-hybridized carbons (Fsp3) is 0.190. The number of nitrogens with zero attached hydrogens (tertiary/aromatic N) is 2. The minimum atomic E-state index is -0.314. The van der Waals surface area contributed by atoms with Crippen molar-refractivity contribution in [2.45, 2.75) is 13.0 Å². The highest BCUT2D eigenvalue weighted by molar-refractivity contribution is 6.02. The Labute approximate surface area is 157 Å². The van der Waals surface area contributed by atoms with Crippen molar-refractivity contribution >= 4 is 11.6 Å². The van der Waals surface area contributed by atoms with Crippen molar-refractivity contribution in [1.82, 2.24) is 15.3 Å². The van der Waals surface area contributed by atoms with Crippen LogP contribution in [0.15, 0.2) is 54.9 Å². The summed E-state index contributed by atoms with van der Waals surface area (Å²) < 4.78 is 5.24. The Morgan fingerprint density at radius 1 is 1.11 bits per heavy atom. The molecule has 136 valence electrons. The van der Waals surface area contributed by atoms with Gasteiger partial charge in [0.1, 0.15) is 5.75 Å². The average Bonchev–Trinajstić information content (AvgIpc) is 2.74. The van der Waals surface area contributed by atoms with E-state index in [0.717, 1.165) is 47.6 Å². The topological polar surface area (TPSA) is 76.1 Å². The zero-order chi connectivity index (χ0) is 18.6. The van der Waals surface area contributed by atoms with E-state index in [2.05, 4.69) is 26.7 Å². The third-order valence-electron chi connectivity index (χ3n) is 4.65. The van der Waals surface area contributed by atoms with Crippen LogP contribution >= 0.6 is 0 Å². The van der Waals surface area contributed by atoms with Crippen molar-refractivity contribution in [2.24, 2.45) is 0 Å². The molecule has 4 rings (SSSR count). The highest BCUT2D eigenvalue weighted by Gasteiger charge is 2.16. The number of nitrogens with one attached hydrogen (secondary N) is 2. The highest BCUT2D eigenvalue weighted by Crippen LogP contribution is 2.24. The number of anilines is 1. The molecule has 0 unspecified atom stereocenters. The van der Waals surface area contributed by atoms with Gasteiger partial charge in [-0.2, -0.15) is 0 Å². The van der Waals surface area contributed by atoms with Gasteiger partial charge in [-0.25, -0.2) is 9.97 Å². The van der Waals surface area contributed by atoms with Crippen LogP contribution in [0.25, 0.3) is 11.1 Å². The van der Waals surface area contributed by atoms with Gasteiger partial charge in [-0.1, -0.05) is 24.3 Å². The summed E-state index contributed by atoms with van der Waals surface area (Å²) in [6.07, 6.45) is 4.27. The maximum atomic E-state index is 12.6. The molecule has 2 heterocycles. The summed E-state index contributed by atoms with van der Waals surface area (Å²) in [4.78, 5) is 21.0. The number of ether oxygens (including phenoxy) is 1. The van der Waals surface area contributed by atoms with Gasteiger partial charge < -0.3 is 15.4 Å². The Hall–Kier alpha value is -3.25. The smallest absolute Gasteiger partial charge is 0.293 e. The Morgan fingerprint density at radius 3 is 2.74 bits per heavy atom. The Morgan fingerprint density at radius 2 is 1.93 bits per heavy atom. The Balaban J connectivity index is 1.53. The van der Waals surface area contributed by atoms with Crippen LogP contribution in [0, 0.1) is 0 Å². The van der Waals surface area contributed by atoms with Crippen molar-refractivity contribution in [3.05, 3.63) is 71.8 Å². The van der Waals surface area contributed by atoms with Crippen LogP contribution in [0.2, 0.25) is 0 Å². The number of benzene rings is 2. The van der Waals surface area contributed by atoms with E-state index in [0.29, 0.717) is 0 Å². The van der Waals surface area contributed by atoms with E-state index in [1.165, 1.54) is 5.56 Å². The standard InChI is InChI=1S/C21H20N4O2/c1-27-17-6-2-5-15(10-17)16-11-23-20(24-12-16)21(26)25-19-7-3-4-14-8-9-22-13-18(14)19/h2-7,10-12,22H,8-9,13H2,1H3,(H,25,26). The van der Waals surface area contributed by atoms with Gasteiger partial charge in [0, 0.05) is 30.2 Å². The number of carbonyl (C=O) groups is 1. The third-order valence-corrected chi connectivity index (χ3v) is 4.65. The van der Waals surface area contributed by atoms with Gasteiger partial charge in [-0.3, -0.25) is 4.79 Å². The minimum absolute atomic E-state index is 0.142. The second-order valence-corrected chi connectivity index (χ2v) is 6.35. The molecule has 0 saturated carbocycles. The first-order valence-corrected chi connectivity index (χ1v) is 8.84. The molecule has 2 aromatic carbocycles. The molecule has 0 atom stereocenters. The molecule has 0 spiro atoms. The molecule has 3 aromatic rings. The molecule has 1 aliphatic heterocycles. The van der Waals surface area contributed by atoms with E-state index in [-0.39, 0.29) is 11.7 Å². The Kier molecular flexibility index (Phi) is 4.80. The summed E-state index contributed by atoms with van der Waals surface area (Å²) in [6, 6.07) is 13.6. The van der Waals surface area contributed by atoms with E-state index in [1.54, 1.807) is 19.5 Å². The minimum Gasteiger partial charge on any atom is -0.497 e. The first kappa shape index (κ1) is 17.2. The molecule has 0 bridgehead atoms. The maximum Gasteiger partial charge on any atom is 0.293 e. The van der Waals surface area contributed by atoms with E-state index in [4.69, 9.17) is 4.74 Å². The van der Waals surface area contributed by atoms with Crippen molar-refractivity contribution < 1.29 is 9.53 Å². The molecule has 6 heteroatoms. The molecule has 0 fully saturated rings. The molecule has 1 aliphatic rings. The van der Waals surface area contributed by atoms with Gasteiger partial charge >= 0.3 is 0 Å². The molecular weight excluding hydrogens is 340 g/mol. The number of methoxy groups -OCH3 is 1. The van der Waals surface area contributed by atoms with Crippen molar-refractivity contribution in [3.8, 4) is 16.9 Å². The number of amides is 1. The highest BCUT2D eigenvalue weighted by atomic mass is 16.5. The summed E-state index contributed by atoms with van der Waals surface area (Å²) in [6.45, 7) is 1.71. The van der Waals surface area contributed by atoms with Gasteiger partial charge in [0.2, 0.25) is 5.82 Å². The van der Waals surface area contributed by atoms with Crippen LogP contribution in [0.1, 0.15) is 21.7 Å². The van der Waals surface area contributed by atoms with Crippen LogP contribution in [0.4, 0.5) is 5.69 Å². The molecule has 1 amide bonds. The monoisotopic (exact) mass is 360 g/mol. The van der Waals surface area contributed by atoms with Crippen LogP contribution in [0.3, 0.4) is 0 Å². The van der Waals surface area contributed by atoms with Gasteiger partial charge in [-0.05, 0) is 47.9 Å². The summed E-state index contributed by atoms with van der Waals surface area (Å²) in [5.41, 5.74) is 4.97. The fourth-order valence-electron chi connectivity index (χ4n) is 3.21. The summed E-state index contributed by atoms with van der Waals surface area (Å²) in [7, 11) is 1.63. The number of carbonyl (C=O) groups excluding carboxylic acids is 1. The zero-order valence-corrected chi connectivity index (χ0v) is 15.0. The molecule has 6 nitrogen and oxygen atoms in total. The summed E-state index contributed by atoms with van der Waals surface area (Å²) in [5, 5.41) is 6.28. The summed E-state index contributed by atoms with van der Waals surface area (Å²) in [5.74, 6) is 0.589. The second kappa shape index (κ2) is 7.55. The first-order chi connectivity index (χ1) is 13.2. The SMILES string of the molecule is COc1cccc(-c2cnc(C(=O)Nc3cccc4c3CNCC4)nc2)c1. The number of hydrogen-bond donors (Lipinski definition) is 2. The molecule has 0 saturated heterocycles. The lowest BCUT2D eigenvalue weighted by Crippen LogP contribution is -2.26. The van der Waals surface area contributed by atoms with E-state index in [1.807, 2.05) is 36.4 Å². The van der Waals surface area contributed by atoms with Gasteiger partial charge in [-0.15, -0.1) is 0 Å². The van der Waals surface area contributed by atoms with Crippen molar-refractivity contribution in [2.75, 3.05) is 19.0 Å². The Bertz CT molecular complexity index is 970. The lowest BCUT2D eigenvalue weighted by molar-refractivity contribution is 0.101. The largest absolute Gasteiger partial charge is 0.497 e. The third kappa shape index (κ3) is 3.66. The molecular formula is C21H20N4O2. The van der Waals surface area contributed by atoms with Gasteiger partial charge in [0.15, 0.2) is 0 Å². The average molecular weight is 360 g/mol. The number of rotatable bonds is 4. The van der Waals surface area contributed by atoms with Crippen LogP contribution < -0.4 is 15.4 Å². The number of fused-ring (bicyclic) bond motifs is 1. The first-order valence-electron chi connectivity index (χ1n) is 8.84. The van der Waals surface area contributed by atoms with Crippen LogP contribution in [-0.4, -0.2) is 29.5 Å². The van der Waals surface area contributed by atoms with E-state index >= 15 is 0 Å². The fourth-order valence-corrected chi connectivity index (χ4v) is 3.21. The van der Waals surface area contributed by atoms with E-state index in [9.17, 15) is 4.79 Å². The van der Waals surface area contributed by atoms with Crippen LogP contribution in [-0.2, 0) is 13.0 Å². The molecule has 1 aromatic heterocycles. The number of hydrogen-bond acceptors (Lipinski definition) is 5. The zero-order valence-electron chi connectivity index (χ0n) is 15.0. The lowest BCUT2D eigenvalue weighted by Gasteiger charge is -2.20. The molecule has 0 radical (unpaired) electrons. The molecule has 2 N–H and O–H groups in total. The van der Waals surface area contributed by atoms with Crippen LogP contribution in [0.5, 0.6) is 5.75 Å². The van der Waals surface area contributed by atoms with Crippen molar-refractivity contribution in [1.29, 1.82) is 0 Å². The predicted molar refractivity (Wildman–Crippen MR) is 104 cm³/mol. The lowest BCUT2D eigenvalue weighted by atomic mass is 9.99. The molecule has 27 heavy (non-hydrogen) atoms. The van der Waals surface area contributed by atoms with Gasteiger partial charge in [0.25, 0.3) is 5.91 Å². The quantitative estimate of drug-likeness (QED) is 0.748.